The van der Waals surface area contributed by atoms with Crippen molar-refractivity contribution in [2.24, 2.45) is 0 Å². The van der Waals surface area contributed by atoms with Crippen LogP contribution in [-0.2, 0) is 0 Å². The van der Waals surface area contributed by atoms with Gasteiger partial charge in [-0.2, -0.15) is 12.6 Å². The van der Waals surface area contributed by atoms with Gasteiger partial charge in [-0.15, -0.1) is 0 Å². The summed E-state index contributed by atoms with van der Waals surface area (Å²) in [6, 6.07) is 0.722. The molecular weight excluding hydrogens is 144 g/mol. The Kier molecular flexibility index (Phi) is 3.52. The van der Waals surface area contributed by atoms with Crippen molar-refractivity contribution in [1.82, 2.24) is 10.2 Å². The zero-order chi connectivity index (χ0) is 7.40. The maximum absolute atomic E-state index is 4.19. The first kappa shape index (κ1) is 8.37. The van der Waals surface area contributed by atoms with Gasteiger partial charge in [-0.25, -0.2) is 0 Å². The van der Waals surface area contributed by atoms with Crippen molar-refractivity contribution < 1.29 is 0 Å². The number of hydrogen-bond donors (Lipinski definition) is 2. The molecule has 1 aliphatic rings. The molecule has 1 aliphatic heterocycles. The van der Waals surface area contributed by atoms with E-state index in [1.807, 2.05) is 7.05 Å². The molecule has 0 aliphatic carbocycles. The molecule has 10 heavy (non-hydrogen) atoms. The summed E-state index contributed by atoms with van der Waals surface area (Å²) < 4.78 is 0. The van der Waals surface area contributed by atoms with Gasteiger partial charge in [-0.3, -0.25) is 0 Å². The minimum absolute atomic E-state index is 0.722. The number of nitrogens with zero attached hydrogens (tertiary/aromatic N) is 1. The van der Waals surface area contributed by atoms with E-state index in [1.54, 1.807) is 0 Å². The van der Waals surface area contributed by atoms with Crippen LogP contribution in [0.5, 0.6) is 0 Å². The lowest BCUT2D eigenvalue weighted by Gasteiger charge is -2.13. The highest BCUT2D eigenvalue weighted by Crippen LogP contribution is 2.07. The predicted octanol–water partition coefficient (Wildman–Crippen LogP) is 0.210. The first-order chi connectivity index (χ1) is 4.86. The summed E-state index contributed by atoms with van der Waals surface area (Å²) in [6.45, 7) is 3.59. The highest BCUT2D eigenvalue weighted by atomic mass is 32.1. The van der Waals surface area contributed by atoms with E-state index in [1.165, 1.54) is 19.5 Å². The summed E-state index contributed by atoms with van der Waals surface area (Å²) in [4.78, 5) is 2.45. The molecular formula is C7H16N2S. The molecule has 1 rings (SSSR count). The van der Waals surface area contributed by atoms with E-state index in [-0.39, 0.29) is 0 Å². The van der Waals surface area contributed by atoms with Crippen LogP contribution in [-0.4, -0.2) is 43.4 Å². The summed E-state index contributed by atoms with van der Waals surface area (Å²) in [7, 11) is 2.04. The molecule has 1 atom stereocenters. The van der Waals surface area contributed by atoms with E-state index < -0.39 is 0 Å². The van der Waals surface area contributed by atoms with Crippen LogP contribution in [0.25, 0.3) is 0 Å². The standard InChI is InChI=1S/C7H16N2S/c1-8-7-2-3-9(6-7)4-5-10/h7-8,10H,2-6H2,1H3. The normalized spacial score (nSPS) is 27.6. The van der Waals surface area contributed by atoms with E-state index in [4.69, 9.17) is 0 Å². The lowest BCUT2D eigenvalue weighted by molar-refractivity contribution is 0.352. The van der Waals surface area contributed by atoms with Crippen LogP contribution >= 0.6 is 12.6 Å². The Hall–Kier alpha value is 0.270. The predicted molar refractivity (Wildman–Crippen MR) is 47.8 cm³/mol. The van der Waals surface area contributed by atoms with Gasteiger partial charge >= 0.3 is 0 Å². The number of thiol groups is 1. The highest BCUT2D eigenvalue weighted by molar-refractivity contribution is 7.80. The average molecular weight is 160 g/mol. The van der Waals surface area contributed by atoms with E-state index in [9.17, 15) is 0 Å². The topological polar surface area (TPSA) is 15.3 Å². The average Bonchev–Trinajstić information content (AvgIpc) is 2.37. The summed E-state index contributed by atoms with van der Waals surface area (Å²) in [5.41, 5.74) is 0. The number of rotatable bonds is 3. The van der Waals surface area contributed by atoms with Crippen molar-refractivity contribution >= 4 is 12.6 Å². The smallest absolute Gasteiger partial charge is 0.0204 e. The second-order valence-corrected chi connectivity index (χ2v) is 3.25. The first-order valence-corrected chi connectivity index (χ1v) is 4.50. The second-order valence-electron chi connectivity index (χ2n) is 2.80. The van der Waals surface area contributed by atoms with Gasteiger partial charge in [-0.05, 0) is 20.0 Å². The van der Waals surface area contributed by atoms with Crippen LogP contribution in [0.1, 0.15) is 6.42 Å². The van der Waals surface area contributed by atoms with Crippen LogP contribution in [0.3, 0.4) is 0 Å². The van der Waals surface area contributed by atoms with E-state index >= 15 is 0 Å². The summed E-state index contributed by atoms with van der Waals surface area (Å²) in [6.07, 6.45) is 1.30. The maximum atomic E-state index is 4.19. The van der Waals surface area contributed by atoms with Crippen LogP contribution in [0.2, 0.25) is 0 Å². The molecule has 2 nitrogen and oxygen atoms in total. The number of hydrogen-bond acceptors (Lipinski definition) is 3. The van der Waals surface area contributed by atoms with Gasteiger partial charge in [0.25, 0.3) is 0 Å². The van der Waals surface area contributed by atoms with E-state index in [0.717, 1.165) is 18.3 Å². The van der Waals surface area contributed by atoms with Crippen LogP contribution in [0.4, 0.5) is 0 Å². The van der Waals surface area contributed by atoms with Gasteiger partial charge in [0.2, 0.25) is 0 Å². The monoisotopic (exact) mass is 160 g/mol. The molecule has 0 aromatic carbocycles. The SMILES string of the molecule is CNC1CCN(CCS)C1. The fraction of sp³-hybridized carbons (Fsp3) is 1.00. The third-order valence-electron chi connectivity index (χ3n) is 2.10. The number of likely N-dealkylation sites (N-methyl/N-ethyl adjacent to an activating group) is 1. The summed E-state index contributed by atoms with van der Waals surface area (Å²) >= 11 is 4.19. The Morgan fingerprint density at radius 3 is 3.00 bits per heavy atom. The van der Waals surface area contributed by atoms with Crippen LogP contribution in [0, 0.1) is 0 Å². The molecule has 1 unspecified atom stereocenters. The molecule has 0 amide bonds. The molecule has 0 saturated carbocycles. The highest BCUT2D eigenvalue weighted by Gasteiger charge is 2.19. The van der Waals surface area contributed by atoms with Gasteiger partial charge in [0.15, 0.2) is 0 Å². The summed E-state index contributed by atoms with van der Waals surface area (Å²) in [5, 5.41) is 3.29. The Balaban J connectivity index is 2.15. The molecule has 1 saturated heterocycles. The third-order valence-corrected chi connectivity index (χ3v) is 2.30. The second kappa shape index (κ2) is 4.21. The Morgan fingerprint density at radius 2 is 2.50 bits per heavy atom. The Labute approximate surface area is 68.4 Å². The quantitative estimate of drug-likeness (QED) is 0.574. The van der Waals surface area contributed by atoms with E-state index in [0.29, 0.717) is 0 Å². The minimum atomic E-state index is 0.722. The summed E-state index contributed by atoms with van der Waals surface area (Å²) in [5.74, 6) is 0.983. The lowest BCUT2D eigenvalue weighted by atomic mass is 10.3. The molecule has 1 fully saturated rings. The molecule has 3 heteroatoms. The van der Waals surface area contributed by atoms with Crippen molar-refractivity contribution in [3.8, 4) is 0 Å². The third kappa shape index (κ3) is 2.15. The first-order valence-electron chi connectivity index (χ1n) is 3.87. The molecule has 0 radical (unpaired) electrons. The van der Waals surface area contributed by atoms with Gasteiger partial charge < -0.3 is 10.2 Å². The van der Waals surface area contributed by atoms with Crippen molar-refractivity contribution in [3.05, 3.63) is 0 Å². The molecule has 0 aromatic heterocycles. The van der Waals surface area contributed by atoms with E-state index in [2.05, 4.69) is 22.8 Å². The number of nitrogens with one attached hydrogen (secondary N) is 1. The zero-order valence-corrected chi connectivity index (χ0v) is 7.40. The molecule has 1 heterocycles. The van der Waals surface area contributed by atoms with Crippen molar-refractivity contribution in [1.29, 1.82) is 0 Å². The van der Waals surface area contributed by atoms with Gasteiger partial charge in [0, 0.05) is 24.9 Å². The zero-order valence-electron chi connectivity index (χ0n) is 6.51. The fourth-order valence-corrected chi connectivity index (χ4v) is 1.70. The van der Waals surface area contributed by atoms with Crippen molar-refractivity contribution in [2.45, 2.75) is 12.5 Å². The lowest BCUT2D eigenvalue weighted by Crippen LogP contribution is -2.30. The minimum Gasteiger partial charge on any atom is -0.316 e. The van der Waals surface area contributed by atoms with Gasteiger partial charge in [0.1, 0.15) is 0 Å². The van der Waals surface area contributed by atoms with Crippen molar-refractivity contribution in [3.63, 3.8) is 0 Å². The fourth-order valence-electron chi connectivity index (χ4n) is 1.41. The van der Waals surface area contributed by atoms with Gasteiger partial charge in [-0.1, -0.05) is 0 Å². The van der Waals surface area contributed by atoms with Crippen molar-refractivity contribution in [2.75, 3.05) is 32.4 Å². The Bertz CT molecular complexity index is 97.6. The Morgan fingerprint density at radius 1 is 1.70 bits per heavy atom. The largest absolute Gasteiger partial charge is 0.316 e. The molecule has 0 spiro atoms. The van der Waals surface area contributed by atoms with Crippen LogP contribution < -0.4 is 5.32 Å². The van der Waals surface area contributed by atoms with Crippen LogP contribution in [0.15, 0.2) is 0 Å². The molecule has 60 valence electrons. The number of likely N-dealkylation sites (tertiary alicyclic amines) is 1. The molecule has 0 aromatic rings. The molecule has 0 bridgehead atoms. The van der Waals surface area contributed by atoms with Gasteiger partial charge in [0.05, 0.1) is 0 Å². The molecule has 1 N–H and O–H groups in total. The maximum Gasteiger partial charge on any atom is 0.0204 e.